The second-order valence-corrected chi connectivity index (χ2v) is 3.74. The zero-order valence-corrected chi connectivity index (χ0v) is 8.86. The Kier molecular flexibility index (Phi) is 3.62. The second kappa shape index (κ2) is 4.54. The van der Waals surface area contributed by atoms with E-state index in [0.717, 1.165) is 0 Å². The van der Waals surface area contributed by atoms with Gasteiger partial charge < -0.3 is 15.9 Å². The van der Waals surface area contributed by atoms with Crippen molar-refractivity contribution in [3.8, 4) is 0 Å². The molecule has 0 bridgehead atoms. The topological polar surface area (TPSA) is 83.5 Å². The van der Waals surface area contributed by atoms with E-state index in [1.807, 2.05) is 0 Å². The standard InChI is InChI=1S/C9H10BrNO3/c10-5-1-2-6(8(11)4-12)7(3-5)9(13)14/h1-3,8,12H,4,11H2,(H,13,14)/t8-/m0/s1. The van der Waals surface area contributed by atoms with Crippen molar-refractivity contribution >= 4 is 21.9 Å². The van der Waals surface area contributed by atoms with Gasteiger partial charge in [-0.15, -0.1) is 0 Å². The van der Waals surface area contributed by atoms with Gasteiger partial charge in [-0.05, 0) is 17.7 Å². The first-order chi connectivity index (χ1) is 6.56. The summed E-state index contributed by atoms with van der Waals surface area (Å²) >= 11 is 3.17. The Bertz CT molecular complexity index is 354. The SMILES string of the molecule is N[C@@H](CO)c1ccc(Br)cc1C(=O)O. The number of hydrogen-bond acceptors (Lipinski definition) is 3. The van der Waals surface area contributed by atoms with Gasteiger partial charge in [-0.2, -0.15) is 0 Å². The van der Waals surface area contributed by atoms with Crippen molar-refractivity contribution < 1.29 is 15.0 Å². The van der Waals surface area contributed by atoms with E-state index in [0.29, 0.717) is 10.0 Å². The van der Waals surface area contributed by atoms with E-state index in [-0.39, 0.29) is 12.2 Å². The molecule has 0 spiro atoms. The molecule has 1 aromatic carbocycles. The summed E-state index contributed by atoms with van der Waals surface area (Å²) in [5, 5.41) is 17.7. The van der Waals surface area contributed by atoms with Gasteiger partial charge in [-0.25, -0.2) is 4.79 Å². The molecule has 0 aliphatic rings. The first-order valence-electron chi connectivity index (χ1n) is 3.95. The average molecular weight is 260 g/mol. The highest BCUT2D eigenvalue weighted by Gasteiger charge is 2.15. The van der Waals surface area contributed by atoms with Gasteiger partial charge in [0.25, 0.3) is 0 Å². The Labute approximate surface area is 89.5 Å². The molecule has 0 radical (unpaired) electrons. The first-order valence-corrected chi connectivity index (χ1v) is 4.74. The van der Waals surface area contributed by atoms with Crippen LogP contribution >= 0.6 is 15.9 Å². The van der Waals surface area contributed by atoms with Crippen LogP contribution in [0.2, 0.25) is 0 Å². The van der Waals surface area contributed by atoms with Gasteiger partial charge in [-0.3, -0.25) is 0 Å². The van der Waals surface area contributed by atoms with Gasteiger partial charge in [-0.1, -0.05) is 22.0 Å². The molecule has 0 aliphatic heterocycles. The van der Waals surface area contributed by atoms with Crippen LogP contribution in [0.4, 0.5) is 0 Å². The van der Waals surface area contributed by atoms with Crippen molar-refractivity contribution in [2.75, 3.05) is 6.61 Å². The Morgan fingerprint density at radius 3 is 2.71 bits per heavy atom. The number of carboxylic acid groups (broad SMARTS) is 1. The lowest BCUT2D eigenvalue weighted by Gasteiger charge is -2.11. The summed E-state index contributed by atoms with van der Waals surface area (Å²) in [5.41, 5.74) is 6.10. The molecule has 0 heterocycles. The van der Waals surface area contributed by atoms with Crippen molar-refractivity contribution in [1.82, 2.24) is 0 Å². The maximum atomic E-state index is 10.8. The Hall–Kier alpha value is -0.910. The first kappa shape index (κ1) is 11.2. The van der Waals surface area contributed by atoms with E-state index < -0.39 is 12.0 Å². The van der Waals surface area contributed by atoms with Gasteiger partial charge in [0.1, 0.15) is 0 Å². The molecular formula is C9H10BrNO3. The van der Waals surface area contributed by atoms with Crippen LogP contribution in [-0.2, 0) is 0 Å². The van der Waals surface area contributed by atoms with E-state index in [9.17, 15) is 4.79 Å². The van der Waals surface area contributed by atoms with Crippen molar-refractivity contribution in [3.05, 3.63) is 33.8 Å². The molecule has 0 saturated heterocycles. The van der Waals surface area contributed by atoms with E-state index >= 15 is 0 Å². The van der Waals surface area contributed by atoms with Crippen LogP contribution in [0, 0.1) is 0 Å². The molecule has 0 amide bonds. The number of rotatable bonds is 3. The summed E-state index contributed by atoms with van der Waals surface area (Å²) < 4.78 is 0.670. The molecule has 76 valence electrons. The number of benzene rings is 1. The number of aliphatic hydroxyl groups excluding tert-OH is 1. The number of hydrogen-bond donors (Lipinski definition) is 3. The number of carbonyl (C=O) groups is 1. The highest BCUT2D eigenvalue weighted by Crippen LogP contribution is 2.20. The molecule has 0 aliphatic carbocycles. The number of nitrogens with two attached hydrogens (primary N) is 1. The third-order valence-electron chi connectivity index (χ3n) is 1.84. The summed E-state index contributed by atoms with van der Waals surface area (Å²) in [7, 11) is 0. The minimum atomic E-state index is -1.05. The van der Waals surface area contributed by atoms with Crippen molar-refractivity contribution in [2.24, 2.45) is 5.73 Å². The lowest BCUT2D eigenvalue weighted by atomic mass is 10.0. The molecule has 1 rings (SSSR count). The van der Waals surface area contributed by atoms with Crippen LogP contribution in [0.3, 0.4) is 0 Å². The van der Waals surface area contributed by atoms with Crippen molar-refractivity contribution in [3.63, 3.8) is 0 Å². The molecule has 14 heavy (non-hydrogen) atoms. The fourth-order valence-corrected chi connectivity index (χ4v) is 1.50. The third kappa shape index (κ3) is 2.31. The molecule has 1 atom stereocenters. The minimum absolute atomic E-state index is 0.112. The van der Waals surface area contributed by atoms with Gasteiger partial charge >= 0.3 is 5.97 Å². The van der Waals surface area contributed by atoms with Gasteiger partial charge in [0.2, 0.25) is 0 Å². The maximum absolute atomic E-state index is 10.8. The highest BCUT2D eigenvalue weighted by atomic mass is 79.9. The molecular weight excluding hydrogens is 250 g/mol. The van der Waals surface area contributed by atoms with Crippen LogP contribution in [-0.4, -0.2) is 22.8 Å². The van der Waals surface area contributed by atoms with Crippen LogP contribution in [0.5, 0.6) is 0 Å². The summed E-state index contributed by atoms with van der Waals surface area (Å²) in [6, 6.07) is 4.09. The second-order valence-electron chi connectivity index (χ2n) is 2.83. The third-order valence-corrected chi connectivity index (χ3v) is 2.34. The molecule has 4 N–H and O–H groups in total. The van der Waals surface area contributed by atoms with Crippen molar-refractivity contribution in [1.29, 1.82) is 0 Å². The van der Waals surface area contributed by atoms with Gasteiger partial charge in [0.15, 0.2) is 0 Å². The Balaban J connectivity index is 3.21. The molecule has 0 saturated carbocycles. The predicted octanol–water partition coefficient (Wildman–Crippen LogP) is 1.14. The number of carboxylic acids is 1. The van der Waals surface area contributed by atoms with E-state index in [1.165, 1.54) is 6.07 Å². The molecule has 0 unspecified atom stereocenters. The monoisotopic (exact) mass is 259 g/mol. The average Bonchev–Trinajstić information content (AvgIpc) is 2.16. The molecule has 0 fully saturated rings. The normalized spacial score (nSPS) is 12.5. The predicted molar refractivity (Wildman–Crippen MR) is 55.1 cm³/mol. The zero-order valence-electron chi connectivity index (χ0n) is 7.27. The summed E-state index contributed by atoms with van der Waals surface area (Å²) in [5.74, 6) is -1.05. The largest absolute Gasteiger partial charge is 0.478 e. The smallest absolute Gasteiger partial charge is 0.336 e. The van der Waals surface area contributed by atoms with Crippen LogP contribution < -0.4 is 5.73 Å². The zero-order chi connectivity index (χ0) is 10.7. The number of aromatic carboxylic acids is 1. The fourth-order valence-electron chi connectivity index (χ4n) is 1.14. The van der Waals surface area contributed by atoms with Gasteiger partial charge in [0.05, 0.1) is 18.2 Å². The summed E-state index contributed by atoms with van der Waals surface area (Å²) in [6.07, 6.45) is 0. The van der Waals surface area contributed by atoms with Crippen LogP contribution in [0.25, 0.3) is 0 Å². The number of aliphatic hydroxyl groups is 1. The molecule has 0 aromatic heterocycles. The Morgan fingerprint density at radius 1 is 1.57 bits per heavy atom. The Morgan fingerprint density at radius 2 is 2.21 bits per heavy atom. The van der Waals surface area contributed by atoms with E-state index in [1.54, 1.807) is 12.1 Å². The van der Waals surface area contributed by atoms with Crippen LogP contribution in [0.15, 0.2) is 22.7 Å². The maximum Gasteiger partial charge on any atom is 0.336 e. The lowest BCUT2D eigenvalue weighted by molar-refractivity contribution is 0.0694. The molecule has 5 heteroatoms. The molecule has 4 nitrogen and oxygen atoms in total. The lowest BCUT2D eigenvalue weighted by Crippen LogP contribution is -2.18. The highest BCUT2D eigenvalue weighted by molar-refractivity contribution is 9.10. The van der Waals surface area contributed by atoms with E-state index in [4.69, 9.17) is 15.9 Å². The fraction of sp³-hybridized carbons (Fsp3) is 0.222. The quantitative estimate of drug-likeness (QED) is 0.760. The van der Waals surface area contributed by atoms with Crippen LogP contribution in [0.1, 0.15) is 22.0 Å². The number of halogens is 1. The molecule has 1 aromatic rings. The van der Waals surface area contributed by atoms with E-state index in [2.05, 4.69) is 15.9 Å². The minimum Gasteiger partial charge on any atom is -0.478 e. The van der Waals surface area contributed by atoms with Gasteiger partial charge in [0, 0.05) is 4.47 Å². The summed E-state index contributed by atoms with van der Waals surface area (Å²) in [6.45, 7) is -0.276. The summed E-state index contributed by atoms with van der Waals surface area (Å²) in [4.78, 5) is 10.8. The van der Waals surface area contributed by atoms with Crippen molar-refractivity contribution in [2.45, 2.75) is 6.04 Å².